The van der Waals surface area contributed by atoms with Crippen LogP contribution in [0.2, 0.25) is 0 Å². The Kier molecular flexibility index (Phi) is 5.26. The van der Waals surface area contributed by atoms with Crippen LogP contribution in [0.25, 0.3) is 0 Å². The largest absolute Gasteiger partial charge is 0.491 e. The van der Waals surface area contributed by atoms with E-state index < -0.39 is 0 Å². The van der Waals surface area contributed by atoms with E-state index in [1.165, 1.54) is 0 Å². The summed E-state index contributed by atoms with van der Waals surface area (Å²) >= 11 is 0. The fraction of sp³-hybridized carbons (Fsp3) is 0.333. The third kappa shape index (κ3) is 4.23. The van der Waals surface area contributed by atoms with E-state index in [2.05, 4.69) is 5.32 Å². The minimum atomic E-state index is -0.192. The number of anilines is 1. The van der Waals surface area contributed by atoms with Crippen molar-refractivity contribution in [1.29, 1.82) is 0 Å². The lowest BCUT2D eigenvalue weighted by Gasteiger charge is -2.17. The zero-order valence-corrected chi connectivity index (χ0v) is 15.4. The molecule has 0 aromatic heterocycles. The summed E-state index contributed by atoms with van der Waals surface area (Å²) in [6.45, 7) is 6.41. The van der Waals surface area contributed by atoms with Crippen molar-refractivity contribution in [2.75, 3.05) is 11.4 Å². The second-order valence-electron chi connectivity index (χ2n) is 6.91. The molecule has 0 unspecified atom stereocenters. The molecule has 1 N–H and O–H groups in total. The lowest BCUT2D eigenvalue weighted by atomic mass is 10.1. The molecule has 2 aromatic rings. The highest BCUT2D eigenvalue weighted by atomic mass is 16.5. The first-order chi connectivity index (χ1) is 12.4. The number of carbonyl (C=O) groups excluding carboxylic acids is 2. The van der Waals surface area contributed by atoms with Crippen LogP contribution in [0.1, 0.15) is 36.2 Å². The van der Waals surface area contributed by atoms with E-state index in [4.69, 9.17) is 4.74 Å². The van der Waals surface area contributed by atoms with Gasteiger partial charge in [0.2, 0.25) is 5.91 Å². The lowest BCUT2D eigenvalue weighted by Crippen LogP contribution is -2.37. The Morgan fingerprint density at radius 3 is 2.38 bits per heavy atom. The predicted octanol–water partition coefficient (Wildman–Crippen LogP) is 3.32. The van der Waals surface area contributed by atoms with E-state index in [1.54, 1.807) is 29.2 Å². The Morgan fingerprint density at radius 1 is 1.12 bits per heavy atom. The van der Waals surface area contributed by atoms with Crippen LogP contribution in [0.4, 0.5) is 5.69 Å². The number of benzene rings is 2. The second-order valence-corrected chi connectivity index (χ2v) is 6.91. The van der Waals surface area contributed by atoms with Crippen LogP contribution in [0.3, 0.4) is 0 Å². The third-order valence-electron chi connectivity index (χ3n) is 4.29. The van der Waals surface area contributed by atoms with Gasteiger partial charge in [-0.1, -0.05) is 17.7 Å². The summed E-state index contributed by atoms with van der Waals surface area (Å²) in [7, 11) is 0. The molecule has 3 rings (SSSR count). The summed E-state index contributed by atoms with van der Waals surface area (Å²) < 4.78 is 5.58. The molecule has 0 aliphatic carbocycles. The summed E-state index contributed by atoms with van der Waals surface area (Å²) in [4.78, 5) is 26.5. The maximum atomic E-state index is 12.4. The van der Waals surface area contributed by atoms with Gasteiger partial charge in [-0.05, 0) is 57.2 Å². The van der Waals surface area contributed by atoms with Crippen LogP contribution in [0.15, 0.2) is 48.5 Å². The Labute approximate surface area is 154 Å². The number of aryl methyl sites for hydroxylation is 1. The quantitative estimate of drug-likeness (QED) is 0.898. The molecule has 1 aliphatic heterocycles. The van der Waals surface area contributed by atoms with Gasteiger partial charge in [0.25, 0.3) is 5.91 Å². The first-order valence-corrected chi connectivity index (χ1v) is 8.87. The Hall–Kier alpha value is -2.82. The van der Waals surface area contributed by atoms with Crippen molar-refractivity contribution >= 4 is 17.5 Å². The van der Waals surface area contributed by atoms with Crippen LogP contribution < -0.4 is 15.0 Å². The van der Waals surface area contributed by atoms with E-state index in [0.717, 1.165) is 17.0 Å². The first-order valence-electron chi connectivity index (χ1n) is 8.87. The molecule has 0 spiro atoms. The molecular formula is C21H24N2O3. The summed E-state index contributed by atoms with van der Waals surface area (Å²) in [5, 5.41) is 2.95. The zero-order chi connectivity index (χ0) is 18.7. The maximum absolute atomic E-state index is 12.4. The van der Waals surface area contributed by atoms with Crippen LogP contribution in [-0.2, 0) is 4.79 Å². The van der Waals surface area contributed by atoms with Gasteiger partial charge in [0.15, 0.2) is 0 Å². The number of carbonyl (C=O) groups is 2. The topological polar surface area (TPSA) is 58.6 Å². The number of nitrogens with zero attached hydrogens (tertiary/aromatic N) is 1. The third-order valence-corrected chi connectivity index (χ3v) is 4.29. The Balaban J connectivity index is 1.61. The normalized spacial score (nSPS) is 16.8. The van der Waals surface area contributed by atoms with Gasteiger partial charge in [0.1, 0.15) is 5.75 Å². The van der Waals surface area contributed by atoms with Gasteiger partial charge >= 0.3 is 0 Å². The fourth-order valence-electron chi connectivity index (χ4n) is 3.00. The number of rotatable bonds is 5. The molecule has 0 saturated carbocycles. The van der Waals surface area contributed by atoms with Gasteiger partial charge in [0.05, 0.1) is 12.1 Å². The highest BCUT2D eigenvalue weighted by Crippen LogP contribution is 2.22. The molecule has 0 radical (unpaired) electrons. The van der Waals surface area contributed by atoms with Crippen molar-refractivity contribution < 1.29 is 14.3 Å². The minimum Gasteiger partial charge on any atom is -0.491 e. The summed E-state index contributed by atoms with van der Waals surface area (Å²) in [6.07, 6.45) is 0.403. The van der Waals surface area contributed by atoms with E-state index in [0.29, 0.717) is 18.5 Å². The average molecular weight is 352 g/mol. The predicted molar refractivity (Wildman–Crippen MR) is 102 cm³/mol. The molecule has 0 bridgehead atoms. The number of nitrogens with one attached hydrogen (secondary N) is 1. The molecule has 2 aromatic carbocycles. The van der Waals surface area contributed by atoms with Crippen molar-refractivity contribution in [3.8, 4) is 5.75 Å². The smallest absolute Gasteiger partial charge is 0.251 e. The molecule has 1 aliphatic rings. The maximum Gasteiger partial charge on any atom is 0.251 e. The van der Waals surface area contributed by atoms with Crippen LogP contribution in [0, 0.1) is 6.92 Å². The minimum absolute atomic E-state index is 0.0276. The number of hydrogen-bond donors (Lipinski definition) is 1. The molecule has 5 heteroatoms. The molecule has 1 heterocycles. The van der Waals surface area contributed by atoms with E-state index in [1.807, 2.05) is 45.0 Å². The standard InChI is InChI=1S/C21H24N2O3/c1-14(2)26-19-10-6-16(7-11-19)21(25)22-17-12-20(24)23(13-17)18-8-4-15(3)5-9-18/h4-11,14,17H,12-13H2,1-3H3,(H,22,25)/t17-/m0/s1. The molecule has 1 atom stereocenters. The van der Waals surface area contributed by atoms with Gasteiger partial charge in [-0.2, -0.15) is 0 Å². The van der Waals surface area contributed by atoms with E-state index in [9.17, 15) is 9.59 Å². The number of ether oxygens (including phenoxy) is 1. The number of hydrogen-bond acceptors (Lipinski definition) is 3. The van der Waals surface area contributed by atoms with Gasteiger partial charge in [0, 0.05) is 24.2 Å². The lowest BCUT2D eigenvalue weighted by molar-refractivity contribution is -0.117. The fourth-order valence-corrected chi connectivity index (χ4v) is 3.00. The second kappa shape index (κ2) is 7.60. The van der Waals surface area contributed by atoms with Crippen LogP contribution in [0.5, 0.6) is 5.75 Å². The van der Waals surface area contributed by atoms with E-state index in [-0.39, 0.29) is 24.0 Å². The molecule has 1 saturated heterocycles. The van der Waals surface area contributed by atoms with Gasteiger partial charge in [-0.25, -0.2) is 0 Å². The molecule has 5 nitrogen and oxygen atoms in total. The molecule has 1 fully saturated rings. The average Bonchev–Trinajstić information content (AvgIpc) is 2.96. The zero-order valence-electron chi connectivity index (χ0n) is 15.4. The monoisotopic (exact) mass is 352 g/mol. The van der Waals surface area contributed by atoms with Crippen molar-refractivity contribution in [2.45, 2.75) is 39.3 Å². The SMILES string of the molecule is Cc1ccc(N2C[C@@H](NC(=O)c3ccc(OC(C)C)cc3)CC2=O)cc1. The van der Waals surface area contributed by atoms with Crippen molar-refractivity contribution in [1.82, 2.24) is 5.32 Å². The summed E-state index contributed by atoms with van der Waals surface area (Å²) in [6, 6.07) is 14.7. The van der Waals surface area contributed by atoms with Crippen LogP contribution in [-0.4, -0.2) is 30.5 Å². The van der Waals surface area contributed by atoms with Gasteiger partial charge in [-0.3, -0.25) is 9.59 Å². The van der Waals surface area contributed by atoms with Crippen LogP contribution >= 0.6 is 0 Å². The molecule has 136 valence electrons. The number of amides is 2. The van der Waals surface area contributed by atoms with E-state index >= 15 is 0 Å². The Bertz CT molecular complexity index is 782. The summed E-state index contributed by atoms with van der Waals surface area (Å²) in [5.41, 5.74) is 2.57. The first kappa shape index (κ1) is 18.0. The highest BCUT2D eigenvalue weighted by molar-refractivity contribution is 5.99. The molecular weight excluding hydrogens is 328 g/mol. The van der Waals surface area contributed by atoms with Gasteiger partial charge in [-0.15, -0.1) is 0 Å². The Morgan fingerprint density at radius 2 is 1.77 bits per heavy atom. The molecule has 26 heavy (non-hydrogen) atoms. The molecule has 2 amide bonds. The van der Waals surface area contributed by atoms with Crippen molar-refractivity contribution in [3.05, 3.63) is 59.7 Å². The summed E-state index contributed by atoms with van der Waals surface area (Å²) in [5.74, 6) is 0.586. The van der Waals surface area contributed by atoms with Crippen molar-refractivity contribution in [3.63, 3.8) is 0 Å². The van der Waals surface area contributed by atoms with Crippen molar-refractivity contribution in [2.24, 2.45) is 0 Å². The van der Waals surface area contributed by atoms with Gasteiger partial charge < -0.3 is 15.0 Å². The highest BCUT2D eigenvalue weighted by Gasteiger charge is 2.31.